The first-order valence-electron chi connectivity index (χ1n) is 7.21. The maximum atomic E-state index is 13.2. The summed E-state index contributed by atoms with van der Waals surface area (Å²) in [7, 11) is 0. The van der Waals surface area contributed by atoms with Crippen LogP contribution in [-0.2, 0) is 4.79 Å². The van der Waals surface area contributed by atoms with E-state index in [1.54, 1.807) is 29.2 Å². The molecule has 1 aliphatic heterocycles. The van der Waals surface area contributed by atoms with E-state index in [0.717, 1.165) is 24.6 Å². The van der Waals surface area contributed by atoms with Crippen LogP contribution in [0.15, 0.2) is 42.5 Å². The standard InChI is InChI=1S/C17H14F2N2O2/c18-12-8-13(19)10-14(9-12)20-17(23)11-3-1-4-15(7-11)21-6-2-5-16(21)22/h1,3-4,7-10H,2,5-6H2,(H,20,23). The summed E-state index contributed by atoms with van der Waals surface area (Å²) in [5.74, 6) is -2.01. The summed E-state index contributed by atoms with van der Waals surface area (Å²) >= 11 is 0. The third-order valence-electron chi connectivity index (χ3n) is 3.61. The van der Waals surface area contributed by atoms with Gasteiger partial charge in [0, 0.05) is 36.0 Å². The van der Waals surface area contributed by atoms with Crippen molar-refractivity contribution in [3.63, 3.8) is 0 Å². The highest BCUT2D eigenvalue weighted by Gasteiger charge is 2.22. The van der Waals surface area contributed by atoms with Gasteiger partial charge in [0.25, 0.3) is 5.91 Å². The number of anilines is 2. The molecule has 1 saturated heterocycles. The monoisotopic (exact) mass is 316 g/mol. The average Bonchev–Trinajstić information content (AvgIpc) is 2.92. The predicted octanol–water partition coefficient (Wildman–Crippen LogP) is 3.34. The van der Waals surface area contributed by atoms with Gasteiger partial charge in [-0.3, -0.25) is 9.59 Å². The Balaban J connectivity index is 1.81. The third-order valence-corrected chi connectivity index (χ3v) is 3.61. The molecule has 0 aromatic heterocycles. The van der Waals surface area contributed by atoms with Gasteiger partial charge in [0.1, 0.15) is 11.6 Å². The van der Waals surface area contributed by atoms with Crippen LogP contribution in [0.4, 0.5) is 20.2 Å². The SMILES string of the molecule is O=C(Nc1cc(F)cc(F)c1)c1cccc(N2CCCC2=O)c1. The number of carbonyl (C=O) groups is 2. The van der Waals surface area contributed by atoms with E-state index in [9.17, 15) is 18.4 Å². The molecule has 0 aliphatic carbocycles. The molecule has 23 heavy (non-hydrogen) atoms. The quantitative estimate of drug-likeness (QED) is 0.944. The summed E-state index contributed by atoms with van der Waals surface area (Å²) in [6, 6.07) is 9.39. The van der Waals surface area contributed by atoms with Crippen LogP contribution in [0.1, 0.15) is 23.2 Å². The lowest BCUT2D eigenvalue weighted by Crippen LogP contribution is -2.24. The molecule has 1 N–H and O–H groups in total. The first-order valence-corrected chi connectivity index (χ1v) is 7.21. The van der Waals surface area contributed by atoms with E-state index in [2.05, 4.69) is 5.32 Å². The molecule has 0 radical (unpaired) electrons. The molecule has 0 spiro atoms. The topological polar surface area (TPSA) is 49.4 Å². The summed E-state index contributed by atoms with van der Waals surface area (Å²) in [4.78, 5) is 25.6. The van der Waals surface area contributed by atoms with Gasteiger partial charge in [-0.05, 0) is 36.8 Å². The number of benzene rings is 2. The van der Waals surface area contributed by atoms with Crippen LogP contribution in [0.3, 0.4) is 0 Å². The number of carbonyl (C=O) groups excluding carboxylic acids is 2. The van der Waals surface area contributed by atoms with Gasteiger partial charge >= 0.3 is 0 Å². The van der Waals surface area contributed by atoms with E-state index < -0.39 is 17.5 Å². The maximum Gasteiger partial charge on any atom is 0.255 e. The Bertz CT molecular complexity index is 757. The highest BCUT2D eigenvalue weighted by atomic mass is 19.1. The zero-order chi connectivity index (χ0) is 16.4. The lowest BCUT2D eigenvalue weighted by molar-refractivity contribution is -0.117. The van der Waals surface area contributed by atoms with E-state index in [1.807, 2.05) is 0 Å². The largest absolute Gasteiger partial charge is 0.322 e. The average molecular weight is 316 g/mol. The Hall–Kier alpha value is -2.76. The minimum Gasteiger partial charge on any atom is -0.322 e. The van der Waals surface area contributed by atoms with Gasteiger partial charge in [-0.1, -0.05) is 6.07 Å². The maximum absolute atomic E-state index is 13.2. The highest BCUT2D eigenvalue weighted by molar-refractivity contribution is 6.05. The molecule has 118 valence electrons. The van der Waals surface area contributed by atoms with E-state index in [1.165, 1.54) is 0 Å². The van der Waals surface area contributed by atoms with Crippen LogP contribution in [0.25, 0.3) is 0 Å². The van der Waals surface area contributed by atoms with Crippen molar-refractivity contribution in [1.82, 2.24) is 0 Å². The van der Waals surface area contributed by atoms with Gasteiger partial charge in [0.2, 0.25) is 5.91 Å². The molecule has 6 heteroatoms. The number of nitrogens with one attached hydrogen (secondary N) is 1. The van der Waals surface area contributed by atoms with Crippen LogP contribution >= 0.6 is 0 Å². The van der Waals surface area contributed by atoms with E-state index in [-0.39, 0.29) is 11.6 Å². The summed E-state index contributed by atoms with van der Waals surface area (Å²) < 4.78 is 26.3. The second-order valence-electron chi connectivity index (χ2n) is 5.31. The number of halogens is 2. The highest BCUT2D eigenvalue weighted by Crippen LogP contribution is 2.23. The number of hydrogen-bond donors (Lipinski definition) is 1. The zero-order valence-electron chi connectivity index (χ0n) is 12.2. The van der Waals surface area contributed by atoms with Crippen LogP contribution in [0, 0.1) is 11.6 Å². The zero-order valence-corrected chi connectivity index (χ0v) is 12.2. The Labute approximate surface area is 131 Å². The molecule has 0 bridgehead atoms. The van der Waals surface area contributed by atoms with Gasteiger partial charge in [-0.15, -0.1) is 0 Å². The fourth-order valence-corrected chi connectivity index (χ4v) is 2.57. The first kappa shape index (κ1) is 15.1. The second-order valence-corrected chi connectivity index (χ2v) is 5.31. The smallest absolute Gasteiger partial charge is 0.255 e. The minimum absolute atomic E-state index is 0.0229. The molecule has 0 unspecified atom stereocenters. The molecule has 2 aromatic rings. The molecule has 0 saturated carbocycles. The van der Waals surface area contributed by atoms with Crippen LogP contribution < -0.4 is 10.2 Å². The fraction of sp³-hybridized carbons (Fsp3) is 0.176. The van der Waals surface area contributed by atoms with Gasteiger partial charge < -0.3 is 10.2 Å². The van der Waals surface area contributed by atoms with Crippen molar-refractivity contribution in [2.45, 2.75) is 12.8 Å². The molecular weight excluding hydrogens is 302 g/mol. The van der Waals surface area contributed by atoms with Crippen molar-refractivity contribution in [2.75, 3.05) is 16.8 Å². The Kier molecular flexibility index (Phi) is 4.06. The normalized spacial score (nSPS) is 14.2. The second kappa shape index (κ2) is 6.16. The van der Waals surface area contributed by atoms with E-state index >= 15 is 0 Å². The molecule has 4 nitrogen and oxygen atoms in total. The number of rotatable bonds is 3. The molecule has 1 aliphatic rings. The van der Waals surface area contributed by atoms with E-state index in [4.69, 9.17) is 0 Å². The van der Waals surface area contributed by atoms with Gasteiger partial charge in [0.05, 0.1) is 0 Å². The van der Waals surface area contributed by atoms with E-state index in [0.29, 0.717) is 24.2 Å². The molecule has 2 amide bonds. The number of nitrogens with zero attached hydrogens (tertiary/aromatic N) is 1. The van der Waals surface area contributed by atoms with Crippen LogP contribution in [0.5, 0.6) is 0 Å². The van der Waals surface area contributed by atoms with Crippen molar-refractivity contribution in [1.29, 1.82) is 0 Å². The molecular formula is C17H14F2N2O2. The van der Waals surface area contributed by atoms with Crippen molar-refractivity contribution < 1.29 is 18.4 Å². The molecule has 3 rings (SSSR count). The summed E-state index contributed by atoms with van der Waals surface area (Å²) in [6.07, 6.45) is 1.29. The van der Waals surface area contributed by atoms with Gasteiger partial charge in [0.15, 0.2) is 0 Å². The van der Waals surface area contributed by atoms with Crippen molar-refractivity contribution >= 4 is 23.2 Å². The molecule has 1 fully saturated rings. The predicted molar refractivity (Wildman–Crippen MR) is 82.3 cm³/mol. The summed E-state index contributed by atoms with van der Waals surface area (Å²) in [5.41, 5.74) is 0.993. The minimum atomic E-state index is -0.767. The third kappa shape index (κ3) is 3.36. The number of hydrogen-bond acceptors (Lipinski definition) is 2. The summed E-state index contributed by atoms with van der Waals surface area (Å²) in [5, 5.41) is 2.45. The lowest BCUT2D eigenvalue weighted by Gasteiger charge is -2.16. The Morgan fingerprint density at radius 2 is 1.83 bits per heavy atom. The van der Waals surface area contributed by atoms with Crippen molar-refractivity contribution in [3.05, 3.63) is 59.7 Å². The Morgan fingerprint density at radius 3 is 2.48 bits per heavy atom. The van der Waals surface area contributed by atoms with Gasteiger partial charge in [-0.25, -0.2) is 8.78 Å². The van der Waals surface area contributed by atoms with Crippen LogP contribution in [0.2, 0.25) is 0 Å². The lowest BCUT2D eigenvalue weighted by atomic mass is 10.1. The van der Waals surface area contributed by atoms with Gasteiger partial charge in [-0.2, -0.15) is 0 Å². The van der Waals surface area contributed by atoms with Crippen LogP contribution in [-0.4, -0.2) is 18.4 Å². The van der Waals surface area contributed by atoms with Crippen molar-refractivity contribution in [3.8, 4) is 0 Å². The molecule has 1 heterocycles. The Morgan fingerprint density at radius 1 is 1.09 bits per heavy atom. The molecule has 0 atom stereocenters. The summed E-state index contributed by atoms with van der Waals surface area (Å²) in [6.45, 7) is 0.624. The first-order chi connectivity index (χ1) is 11.0. The molecule has 2 aromatic carbocycles. The number of amides is 2. The fourth-order valence-electron chi connectivity index (χ4n) is 2.57. The van der Waals surface area contributed by atoms with Crippen molar-refractivity contribution in [2.24, 2.45) is 0 Å².